The van der Waals surface area contributed by atoms with Crippen LogP contribution in [0.3, 0.4) is 0 Å². The van der Waals surface area contributed by atoms with Crippen molar-refractivity contribution in [1.29, 1.82) is 5.26 Å². The van der Waals surface area contributed by atoms with Crippen molar-refractivity contribution in [2.45, 2.75) is 27.3 Å². The van der Waals surface area contributed by atoms with Crippen molar-refractivity contribution in [2.24, 2.45) is 0 Å². The van der Waals surface area contributed by atoms with E-state index >= 15 is 0 Å². The number of thioether (sulfide) groups is 1. The zero-order valence-electron chi connectivity index (χ0n) is 17.2. The van der Waals surface area contributed by atoms with Crippen LogP contribution in [0.15, 0.2) is 9.70 Å². The second-order valence-electron chi connectivity index (χ2n) is 7.11. The summed E-state index contributed by atoms with van der Waals surface area (Å²) < 4.78 is 2.19. The van der Waals surface area contributed by atoms with E-state index < -0.39 is 0 Å². The molecular weight excluding hydrogens is 406 g/mol. The number of aromatic nitrogens is 1. The summed E-state index contributed by atoms with van der Waals surface area (Å²) in [5.41, 5.74) is 1.21. The molecule has 0 radical (unpaired) electrons. The Bertz CT molecular complexity index is 984. The molecule has 3 heterocycles. The van der Waals surface area contributed by atoms with Gasteiger partial charge in [0.15, 0.2) is 0 Å². The molecule has 7 nitrogen and oxygen atoms in total. The van der Waals surface area contributed by atoms with E-state index in [1.165, 1.54) is 11.8 Å². The van der Waals surface area contributed by atoms with Gasteiger partial charge in [0.1, 0.15) is 21.8 Å². The Balaban J connectivity index is 2.23. The fraction of sp³-hybridized carbons (Fsp3) is 0.500. The lowest BCUT2D eigenvalue weighted by molar-refractivity contribution is -0.121. The van der Waals surface area contributed by atoms with Crippen LogP contribution in [-0.4, -0.2) is 64.4 Å². The zero-order chi connectivity index (χ0) is 21.3. The van der Waals surface area contributed by atoms with Crippen molar-refractivity contribution in [3.63, 3.8) is 0 Å². The molecule has 1 aromatic rings. The van der Waals surface area contributed by atoms with E-state index in [2.05, 4.69) is 22.9 Å². The molecule has 0 N–H and O–H groups in total. The lowest BCUT2D eigenvalue weighted by atomic mass is 10.0. The van der Waals surface area contributed by atoms with Gasteiger partial charge < -0.3 is 9.80 Å². The van der Waals surface area contributed by atoms with Gasteiger partial charge >= 0.3 is 0 Å². The predicted octanol–water partition coefficient (Wildman–Crippen LogP) is 2.02. The number of carbonyl (C=O) groups is 1. The number of nitriles is 1. The first-order valence-electron chi connectivity index (χ1n) is 9.70. The van der Waals surface area contributed by atoms with Crippen LogP contribution in [0.1, 0.15) is 30.5 Å². The van der Waals surface area contributed by atoms with Gasteiger partial charge in [-0.15, -0.1) is 0 Å². The molecule has 2 fully saturated rings. The fourth-order valence-electron chi connectivity index (χ4n) is 3.70. The molecule has 1 amide bonds. The molecule has 0 atom stereocenters. The SMILES string of the molecule is CCN1C(=O)C(=Cc2c(C)c(C#N)c(=O)n(CC)c2N2CCN(C)CC2)SC1=S. The number of piperazine rings is 1. The number of pyridine rings is 1. The van der Waals surface area contributed by atoms with Gasteiger partial charge in [-0.3, -0.25) is 19.1 Å². The van der Waals surface area contributed by atoms with Crippen LogP contribution in [0.4, 0.5) is 5.82 Å². The standard InChI is InChI=1S/C20H25N5O2S2/c1-5-24-17(23-9-7-22(4)8-10-23)14(13(3)15(12-21)18(24)26)11-16-19(27)25(6-2)20(28)29-16/h11H,5-10H2,1-4H3. The first-order chi connectivity index (χ1) is 13.8. The van der Waals surface area contributed by atoms with Gasteiger partial charge in [-0.2, -0.15) is 5.26 Å². The van der Waals surface area contributed by atoms with Gasteiger partial charge in [0.25, 0.3) is 11.5 Å². The molecular formula is C20H25N5O2S2. The van der Waals surface area contributed by atoms with Gasteiger partial charge in [0.05, 0.1) is 4.91 Å². The highest BCUT2D eigenvalue weighted by atomic mass is 32.2. The zero-order valence-corrected chi connectivity index (χ0v) is 18.8. The van der Waals surface area contributed by atoms with E-state index in [1.807, 2.05) is 19.9 Å². The topological polar surface area (TPSA) is 72.6 Å². The highest BCUT2D eigenvalue weighted by Crippen LogP contribution is 2.35. The molecule has 2 aliphatic rings. The summed E-state index contributed by atoms with van der Waals surface area (Å²) in [5, 5.41) is 9.61. The maximum Gasteiger partial charge on any atom is 0.270 e. The van der Waals surface area contributed by atoms with Crippen LogP contribution in [0.5, 0.6) is 0 Å². The first kappa shape index (κ1) is 21.6. The lowest BCUT2D eigenvalue weighted by Gasteiger charge is -2.36. The highest BCUT2D eigenvalue weighted by molar-refractivity contribution is 8.26. The van der Waals surface area contributed by atoms with Crippen molar-refractivity contribution in [2.75, 3.05) is 44.7 Å². The van der Waals surface area contributed by atoms with E-state index in [1.54, 1.807) is 16.4 Å². The molecule has 2 saturated heterocycles. The van der Waals surface area contributed by atoms with Gasteiger partial charge in [-0.05, 0) is 39.5 Å². The minimum atomic E-state index is -0.278. The Labute approximate surface area is 180 Å². The van der Waals surface area contributed by atoms with E-state index in [-0.39, 0.29) is 17.0 Å². The van der Waals surface area contributed by atoms with Crippen molar-refractivity contribution < 1.29 is 4.79 Å². The van der Waals surface area contributed by atoms with Gasteiger partial charge in [0.2, 0.25) is 0 Å². The van der Waals surface area contributed by atoms with Gasteiger partial charge in [-0.1, -0.05) is 24.0 Å². The summed E-state index contributed by atoms with van der Waals surface area (Å²) in [7, 11) is 2.07. The molecule has 0 aliphatic carbocycles. The summed E-state index contributed by atoms with van der Waals surface area (Å²) >= 11 is 6.60. The average molecular weight is 432 g/mol. The largest absolute Gasteiger partial charge is 0.355 e. The molecule has 154 valence electrons. The number of amides is 1. The normalized spacial score (nSPS) is 19.3. The number of thiocarbonyl (C=S) groups is 1. The molecule has 9 heteroatoms. The molecule has 0 aromatic carbocycles. The van der Waals surface area contributed by atoms with Crippen LogP contribution in [0, 0.1) is 18.3 Å². The molecule has 0 bridgehead atoms. The van der Waals surface area contributed by atoms with E-state index in [0.29, 0.717) is 27.9 Å². The molecule has 2 aliphatic heterocycles. The van der Waals surface area contributed by atoms with Crippen LogP contribution >= 0.6 is 24.0 Å². The monoisotopic (exact) mass is 431 g/mol. The van der Waals surface area contributed by atoms with Crippen molar-refractivity contribution in [3.8, 4) is 6.07 Å². The molecule has 1 aromatic heterocycles. The molecule has 0 spiro atoms. The second kappa shape index (κ2) is 8.69. The molecule has 3 rings (SSSR count). The Morgan fingerprint density at radius 2 is 1.83 bits per heavy atom. The van der Waals surface area contributed by atoms with Crippen LogP contribution in [-0.2, 0) is 11.3 Å². The fourth-order valence-corrected chi connectivity index (χ4v) is 5.07. The third-order valence-electron chi connectivity index (χ3n) is 5.43. The predicted molar refractivity (Wildman–Crippen MR) is 121 cm³/mol. The number of rotatable bonds is 4. The van der Waals surface area contributed by atoms with Crippen molar-refractivity contribution in [3.05, 3.63) is 31.9 Å². The lowest BCUT2D eigenvalue weighted by Crippen LogP contribution is -2.47. The number of nitrogens with zero attached hydrogens (tertiary/aromatic N) is 5. The van der Waals surface area contributed by atoms with Crippen LogP contribution < -0.4 is 10.5 Å². The van der Waals surface area contributed by atoms with Gasteiger partial charge in [-0.25, -0.2) is 0 Å². The number of hydrogen-bond acceptors (Lipinski definition) is 7. The minimum absolute atomic E-state index is 0.126. The molecule has 29 heavy (non-hydrogen) atoms. The molecule has 0 saturated carbocycles. The smallest absolute Gasteiger partial charge is 0.270 e. The summed E-state index contributed by atoms with van der Waals surface area (Å²) in [6.45, 7) is 9.86. The quantitative estimate of drug-likeness (QED) is 0.533. The third-order valence-corrected chi connectivity index (χ3v) is 6.81. The summed E-state index contributed by atoms with van der Waals surface area (Å²) in [4.78, 5) is 32.3. The van der Waals surface area contributed by atoms with Crippen molar-refractivity contribution in [1.82, 2.24) is 14.4 Å². The Kier molecular flexibility index (Phi) is 6.46. The first-order valence-corrected chi connectivity index (χ1v) is 10.9. The summed E-state index contributed by atoms with van der Waals surface area (Å²) in [6.07, 6.45) is 1.81. The maximum atomic E-state index is 13.0. The second-order valence-corrected chi connectivity index (χ2v) is 8.79. The number of hydrogen-bond donors (Lipinski definition) is 0. The highest BCUT2D eigenvalue weighted by Gasteiger charge is 2.32. The van der Waals surface area contributed by atoms with E-state index in [0.717, 1.165) is 37.6 Å². The Morgan fingerprint density at radius 1 is 1.17 bits per heavy atom. The number of anilines is 1. The van der Waals surface area contributed by atoms with E-state index in [9.17, 15) is 14.9 Å². The average Bonchev–Trinajstić information content (AvgIpc) is 2.97. The number of carbonyl (C=O) groups excluding carboxylic acids is 1. The summed E-state index contributed by atoms with van der Waals surface area (Å²) in [5.74, 6) is 0.655. The maximum absolute atomic E-state index is 13.0. The minimum Gasteiger partial charge on any atom is -0.355 e. The van der Waals surface area contributed by atoms with Gasteiger partial charge in [0, 0.05) is 44.8 Å². The third kappa shape index (κ3) is 3.84. The van der Waals surface area contributed by atoms with E-state index in [4.69, 9.17) is 12.2 Å². The van der Waals surface area contributed by atoms with Crippen molar-refractivity contribution >= 4 is 46.1 Å². The van der Waals surface area contributed by atoms with Crippen LogP contribution in [0.25, 0.3) is 6.08 Å². The van der Waals surface area contributed by atoms with Crippen LogP contribution in [0.2, 0.25) is 0 Å². The summed E-state index contributed by atoms with van der Waals surface area (Å²) in [6, 6.07) is 2.06. The molecule has 0 unspecified atom stereocenters. The Hall–Kier alpha value is -2.15. The Morgan fingerprint density at radius 3 is 2.34 bits per heavy atom. The number of likely N-dealkylation sites (N-methyl/N-ethyl adjacent to an activating group) is 2.